The molecule has 0 saturated heterocycles. The molecule has 0 fully saturated rings. The van der Waals surface area contributed by atoms with E-state index in [9.17, 15) is 0 Å². The SMILES string of the molecule is CB(C)[Si]([Si](C)(C)C)([Si](C)(C)C)[Si](C)(C)C. The molecular formula is C11H33BSi4. The summed E-state index contributed by atoms with van der Waals surface area (Å²) in [6.45, 7) is 28.1. The van der Waals surface area contributed by atoms with Crippen molar-refractivity contribution in [2.45, 2.75) is 72.6 Å². The maximum atomic E-state index is 2.68. The maximum Gasteiger partial charge on any atom is 0.120 e. The van der Waals surface area contributed by atoms with Crippen molar-refractivity contribution in [1.82, 2.24) is 0 Å². The molecule has 0 aromatic rings. The van der Waals surface area contributed by atoms with E-state index in [1.165, 1.54) is 0 Å². The van der Waals surface area contributed by atoms with Gasteiger partial charge in [-0.1, -0.05) is 72.6 Å². The van der Waals surface area contributed by atoms with Crippen molar-refractivity contribution in [3.8, 4) is 0 Å². The van der Waals surface area contributed by atoms with Crippen molar-refractivity contribution in [3.05, 3.63) is 0 Å². The van der Waals surface area contributed by atoms with E-state index in [1.54, 1.807) is 0 Å². The first-order valence-electron chi connectivity index (χ1n) is 6.69. The van der Waals surface area contributed by atoms with Crippen LogP contribution >= 0.6 is 0 Å². The average Bonchev–Trinajstić information content (AvgIpc) is 1.71. The van der Waals surface area contributed by atoms with Crippen molar-refractivity contribution in [2.75, 3.05) is 0 Å². The molecule has 0 aromatic heterocycles. The molecule has 0 atom stereocenters. The zero-order valence-corrected chi connectivity index (χ0v) is 17.6. The van der Waals surface area contributed by atoms with Crippen molar-refractivity contribution in [1.29, 1.82) is 0 Å². The molecule has 0 nitrogen and oxygen atoms in total. The van der Waals surface area contributed by atoms with Crippen LogP contribution in [0.4, 0.5) is 0 Å². The van der Waals surface area contributed by atoms with Gasteiger partial charge in [-0.15, -0.1) is 0 Å². The fourth-order valence-electron chi connectivity index (χ4n) is 5.97. The molecule has 0 aromatic carbocycles. The van der Waals surface area contributed by atoms with E-state index in [4.69, 9.17) is 0 Å². The molecule has 0 spiro atoms. The van der Waals surface area contributed by atoms with Gasteiger partial charge in [-0.3, -0.25) is 0 Å². The summed E-state index contributed by atoms with van der Waals surface area (Å²) in [7, 11) is -3.03. The average molecular weight is 289 g/mol. The van der Waals surface area contributed by atoms with Gasteiger partial charge in [0.1, 0.15) is 6.31 Å². The molecule has 0 amide bonds. The third kappa shape index (κ3) is 2.52. The Morgan fingerprint density at radius 2 is 0.688 bits per heavy atom. The van der Waals surface area contributed by atoms with E-state index in [0.29, 0.717) is 0 Å². The van der Waals surface area contributed by atoms with E-state index in [-0.39, 0.29) is 0 Å². The van der Waals surface area contributed by atoms with Crippen molar-refractivity contribution in [3.63, 3.8) is 0 Å². The molecule has 16 heavy (non-hydrogen) atoms. The summed E-state index contributed by atoms with van der Waals surface area (Å²) < 4.78 is 0. The summed E-state index contributed by atoms with van der Waals surface area (Å²) in [5.74, 6) is 0. The number of rotatable bonds is 4. The van der Waals surface area contributed by atoms with Crippen LogP contribution in [0.3, 0.4) is 0 Å². The molecule has 0 aliphatic rings. The third-order valence-electron chi connectivity index (χ3n) is 4.42. The zero-order chi connectivity index (χ0) is 13.6. The highest BCUT2D eigenvalue weighted by atomic mass is 29.9. The molecule has 0 aliphatic heterocycles. The summed E-state index contributed by atoms with van der Waals surface area (Å²) in [4.78, 5) is 0. The lowest BCUT2D eigenvalue weighted by Crippen LogP contribution is -2.88. The molecular weight excluding hydrogens is 255 g/mol. The minimum atomic E-state index is -1.06. The predicted octanol–water partition coefficient (Wildman–Crippen LogP) is 4.52. The van der Waals surface area contributed by atoms with Gasteiger partial charge in [0.2, 0.25) is 0 Å². The Labute approximate surface area is 108 Å². The molecule has 0 heterocycles. The van der Waals surface area contributed by atoms with Gasteiger partial charge < -0.3 is 0 Å². The fraction of sp³-hybridized carbons (Fsp3) is 1.00. The topological polar surface area (TPSA) is 0 Å². The van der Waals surface area contributed by atoms with E-state index in [2.05, 4.69) is 72.6 Å². The van der Waals surface area contributed by atoms with Crippen LogP contribution in [0.15, 0.2) is 0 Å². The Balaban J connectivity index is 6.05. The molecule has 5 heteroatoms. The van der Waals surface area contributed by atoms with Crippen LogP contribution in [0.5, 0.6) is 0 Å². The molecule has 0 aliphatic carbocycles. The number of hydrogen-bond acceptors (Lipinski definition) is 0. The monoisotopic (exact) mass is 288 g/mol. The normalized spacial score (nSPS) is 15.2. The maximum absolute atomic E-state index is 2.68. The standard InChI is InChI=1S/C11H33BSi4/c1-12(2)16(13(3,4)5,14(6,7)8)15(9,10)11/h1-11H3. The predicted molar refractivity (Wildman–Crippen MR) is 93.3 cm³/mol. The van der Waals surface area contributed by atoms with E-state index < -0.39 is 29.3 Å². The van der Waals surface area contributed by atoms with E-state index in [0.717, 1.165) is 6.31 Å². The molecule has 0 radical (unpaired) electrons. The van der Waals surface area contributed by atoms with Gasteiger partial charge in [-0.2, -0.15) is 0 Å². The molecule has 0 N–H and O–H groups in total. The second-order valence-corrected chi connectivity index (χ2v) is 50.1. The van der Waals surface area contributed by atoms with Crippen LogP contribution < -0.4 is 0 Å². The smallest absolute Gasteiger partial charge is 0.0889 e. The number of hydrogen-bond donors (Lipinski definition) is 0. The molecule has 0 bridgehead atoms. The highest BCUT2D eigenvalue weighted by Crippen LogP contribution is 2.38. The minimum absolute atomic E-state index is 0.998. The van der Waals surface area contributed by atoms with Crippen molar-refractivity contribution in [2.24, 2.45) is 0 Å². The second-order valence-electron chi connectivity index (χ2n) is 8.71. The molecule has 96 valence electrons. The van der Waals surface area contributed by atoms with Gasteiger partial charge in [-0.05, 0) is 0 Å². The Morgan fingerprint density at radius 1 is 0.500 bits per heavy atom. The van der Waals surface area contributed by atoms with Gasteiger partial charge >= 0.3 is 0 Å². The Hall–Kier alpha value is 0.932. The lowest BCUT2D eigenvalue weighted by atomic mass is 9.84. The van der Waals surface area contributed by atoms with Crippen LogP contribution in [0.25, 0.3) is 0 Å². The van der Waals surface area contributed by atoms with Crippen LogP contribution in [0.2, 0.25) is 72.6 Å². The largest absolute Gasteiger partial charge is 0.120 e. The van der Waals surface area contributed by atoms with Gasteiger partial charge in [0.15, 0.2) is 0 Å². The molecule has 0 rings (SSSR count). The van der Waals surface area contributed by atoms with Crippen LogP contribution in [0.1, 0.15) is 0 Å². The molecule has 0 unspecified atom stereocenters. The van der Waals surface area contributed by atoms with Crippen molar-refractivity contribution >= 4 is 35.6 Å². The van der Waals surface area contributed by atoms with E-state index >= 15 is 0 Å². The third-order valence-corrected chi connectivity index (χ3v) is 80.2. The second kappa shape index (κ2) is 4.55. The van der Waals surface area contributed by atoms with Gasteiger partial charge in [0, 0.05) is 29.3 Å². The highest BCUT2D eigenvalue weighted by Gasteiger charge is 2.63. The zero-order valence-electron chi connectivity index (χ0n) is 13.6. The summed E-state index contributed by atoms with van der Waals surface area (Å²) in [6.07, 6.45) is 0.998. The van der Waals surface area contributed by atoms with Crippen molar-refractivity contribution < 1.29 is 0 Å². The Kier molecular flexibility index (Phi) is 4.82. The lowest BCUT2D eigenvalue weighted by molar-refractivity contribution is 1.75. The molecule has 0 saturated carbocycles. The summed E-state index contributed by atoms with van der Waals surface area (Å²) in [5.41, 5.74) is 0. The van der Waals surface area contributed by atoms with Crippen LogP contribution in [-0.4, -0.2) is 35.6 Å². The fourth-order valence-corrected chi connectivity index (χ4v) is 115. The summed E-state index contributed by atoms with van der Waals surface area (Å²) in [6, 6.07) is 0. The Morgan fingerprint density at radius 3 is 0.688 bits per heavy atom. The van der Waals surface area contributed by atoms with Crippen LogP contribution in [0, 0.1) is 0 Å². The van der Waals surface area contributed by atoms with Gasteiger partial charge in [-0.25, -0.2) is 0 Å². The first-order valence-corrected chi connectivity index (χ1v) is 22.3. The first kappa shape index (κ1) is 16.9. The Bertz CT molecular complexity index is 206. The first-order chi connectivity index (χ1) is 6.69. The summed E-state index contributed by atoms with van der Waals surface area (Å²) in [5, 5.41) is 0. The summed E-state index contributed by atoms with van der Waals surface area (Å²) >= 11 is 0. The minimum Gasteiger partial charge on any atom is -0.0889 e. The van der Waals surface area contributed by atoms with Crippen LogP contribution in [-0.2, 0) is 0 Å². The van der Waals surface area contributed by atoms with Gasteiger partial charge in [0.25, 0.3) is 0 Å². The highest BCUT2D eigenvalue weighted by molar-refractivity contribution is 8.03. The lowest BCUT2D eigenvalue weighted by Gasteiger charge is -2.59. The van der Waals surface area contributed by atoms with E-state index in [1.807, 2.05) is 0 Å². The quantitative estimate of drug-likeness (QED) is 0.667. The van der Waals surface area contributed by atoms with Gasteiger partial charge in [0.05, 0.1) is 0 Å².